The van der Waals surface area contributed by atoms with E-state index in [1.54, 1.807) is 12.4 Å². The minimum Gasteiger partial charge on any atom is -0.253 e. The molecule has 8 heteroatoms. The van der Waals surface area contributed by atoms with Gasteiger partial charge in [-0.3, -0.25) is 9.97 Å². The molecule has 0 aliphatic carbocycles. The van der Waals surface area contributed by atoms with Crippen molar-refractivity contribution in [2.24, 2.45) is 0 Å². The van der Waals surface area contributed by atoms with E-state index in [2.05, 4.69) is 30.4 Å². The van der Waals surface area contributed by atoms with Crippen molar-refractivity contribution in [3.8, 4) is 23.0 Å². The first kappa shape index (κ1) is 14.9. The van der Waals surface area contributed by atoms with Gasteiger partial charge in [-0.05, 0) is 24.3 Å². The predicted octanol–water partition coefficient (Wildman–Crippen LogP) is 3.05. The fourth-order valence-electron chi connectivity index (χ4n) is 3.46. The van der Waals surface area contributed by atoms with Crippen molar-refractivity contribution in [2.75, 3.05) is 0 Å². The van der Waals surface area contributed by atoms with E-state index in [-0.39, 0.29) is 0 Å². The Morgan fingerprint density at radius 3 is 1.39 bits per heavy atom. The van der Waals surface area contributed by atoms with Crippen molar-refractivity contribution in [3.63, 3.8) is 0 Å². The quantitative estimate of drug-likeness (QED) is 0.469. The summed E-state index contributed by atoms with van der Waals surface area (Å²) in [6.07, 6.45) is 3.47. The fourth-order valence-corrected chi connectivity index (χ4v) is 3.46. The summed E-state index contributed by atoms with van der Waals surface area (Å²) >= 11 is 0. The minimum absolute atomic E-state index is 0.614. The van der Waals surface area contributed by atoms with Gasteiger partial charge in [0.25, 0.3) is 0 Å². The Balaban J connectivity index is 1.85. The van der Waals surface area contributed by atoms with Crippen molar-refractivity contribution < 1.29 is 0 Å². The number of fused-ring (bicyclic) bond motifs is 6. The Hall–Kier alpha value is -4.20. The lowest BCUT2D eigenvalue weighted by Gasteiger charge is -2.08. The van der Waals surface area contributed by atoms with Gasteiger partial charge in [0, 0.05) is 23.2 Å². The third-order valence-electron chi connectivity index (χ3n) is 4.68. The summed E-state index contributed by atoms with van der Waals surface area (Å²) < 4.78 is 3.81. The highest BCUT2D eigenvalue weighted by atomic mass is 15.5. The predicted molar refractivity (Wildman–Crippen MR) is 103 cm³/mol. The van der Waals surface area contributed by atoms with Crippen LogP contribution in [0.3, 0.4) is 0 Å². The summed E-state index contributed by atoms with van der Waals surface area (Å²) in [5.74, 6) is 1.23. The van der Waals surface area contributed by atoms with Gasteiger partial charge in [-0.2, -0.15) is 0 Å². The van der Waals surface area contributed by atoms with Crippen LogP contribution in [0.25, 0.3) is 45.1 Å². The average molecular weight is 364 g/mol. The molecule has 0 bridgehead atoms. The molecule has 6 rings (SSSR count). The SMILES string of the molecule is c1ccc(-c2nnc3c4ccccc4c4nnc(-c5ccccn5)n4n23)nc1. The van der Waals surface area contributed by atoms with E-state index in [0.717, 1.165) is 10.8 Å². The summed E-state index contributed by atoms with van der Waals surface area (Å²) in [6, 6.07) is 19.4. The molecular weight excluding hydrogens is 352 g/mol. The molecule has 132 valence electrons. The molecule has 0 saturated heterocycles. The van der Waals surface area contributed by atoms with Gasteiger partial charge in [-0.15, -0.1) is 20.4 Å². The second-order valence-electron chi connectivity index (χ2n) is 6.29. The normalized spacial score (nSPS) is 11.6. The highest BCUT2D eigenvalue weighted by Crippen LogP contribution is 2.28. The molecule has 1 aromatic carbocycles. The molecule has 0 aliphatic rings. The Kier molecular flexibility index (Phi) is 3.01. The van der Waals surface area contributed by atoms with Crippen LogP contribution in [-0.2, 0) is 0 Å². The lowest BCUT2D eigenvalue weighted by Crippen LogP contribution is -2.06. The van der Waals surface area contributed by atoms with Gasteiger partial charge in [0.2, 0.25) is 11.6 Å². The molecule has 0 radical (unpaired) electrons. The van der Waals surface area contributed by atoms with Crippen LogP contribution >= 0.6 is 0 Å². The van der Waals surface area contributed by atoms with E-state index in [0.29, 0.717) is 34.3 Å². The molecule has 0 spiro atoms. The molecule has 0 saturated carbocycles. The summed E-state index contributed by atoms with van der Waals surface area (Å²) in [4.78, 5) is 8.90. The molecule has 0 amide bonds. The average Bonchev–Trinajstić information content (AvgIpc) is 3.40. The first-order valence-corrected chi connectivity index (χ1v) is 8.76. The lowest BCUT2D eigenvalue weighted by atomic mass is 10.2. The summed E-state index contributed by atoms with van der Waals surface area (Å²) in [6.45, 7) is 0. The van der Waals surface area contributed by atoms with Crippen LogP contribution < -0.4 is 0 Å². The van der Waals surface area contributed by atoms with Crippen LogP contribution in [0.15, 0.2) is 73.1 Å². The number of pyridine rings is 2. The van der Waals surface area contributed by atoms with Crippen LogP contribution in [0.2, 0.25) is 0 Å². The standard InChI is InChI=1S/C20H12N8/c1-2-8-14-13(7-1)17-23-25-19(15-9-3-5-11-21-15)27(17)28-18(14)24-26-20(28)16-10-4-6-12-22-16/h1-12H. The van der Waals surface area contributed by atoms with Gasteiger partial charge < -0.3 is 0 Å². The van der Waals surface area contributed by atoms with E-state index in [1.165, 1.54) is 0 Å². The second kappa shape index (κ2) is 5.65. The highest BCUT2D eigenvalue weighted by molar-refractivity contribution is 6.02. The second-order valence-corrected chi connectivity index (χ2v) is 6.29. The molecule has 0 atom stereocenters. The third kappa shape index (κ3) is 1.99. The van der Waals surface area contributed by atoms with Crippen molar-refractivity contribution >= 4 is 22.1 Å². The monoisotopic (exact) mass is 364 g/mol. The Labute approximate surface area is 158 Å². The Morgan fingerprint density at radius 1 is 0.500 bits per heavy atom. The Bertz CT molecular complexity index is 1340. The Morgan fingerprint density at radius 2 is 0.964 bits per heavy atom. The molecular formula is C20H12N8. The van der Waals surface area contributed by atoms with Crippen molar-refractivity contribution in [1.82, 2.24) is 39.4 Å². The molecule has 8 nitrogen and oxygen atoms in total. The largest absolute Gasteiger partial charge is 0.253 e. The van der Waals surface area contributed by atoms with Gasteiger partial charge in [-0.25, -0.2) is 9.03 Å². The number of benzene rings is 1. The zero-order chi connectivity index (χ0) is 18.5. The van der Waals surface area contributed by atoms with E-state index >= 15 is 0 Å². The van der Waals surface area contributed by atoms with Crippen molar-refractivity contribution in [2.45, 2.75) is 0 Å². The number of nitrogens with zero attached hydrogens (tertiary/aromatic N) is 8. The molecule has 28 heavy (non-hydrogen) atoms. The lowest BCUT2D eigenvalue weighted by molar-refractivity contribution is 0.857. The van der Waals surface area contributed by atoms with Crippen LogP contribution in [0.5, 0.6) is 0 Å². The van der Waals surface area contributed by atoms with Crippen LogP contribution in [0.1, 0.15) is 0 Å². The number of hydrogen-bond acceptors (Lipinski definition) is 6. The summed E-state index contributed by atoms with van der Waals surface area (Å²) in [7, 11) is 0. The zero-order valence-corrected chi connectivity index (χ0v) is 14.5. The van der Waals surface area contributed by atoms with Crippen molar-refractivity contribution in [3.05, 3.63) is 73.1 Å². The molecule has 0 N–H and O–H groups in total. The molecule has 6 aromatic rings. The smallest absolute Gasteiger partial charge is 0.202 e. The van der Waals surface area contributed by atoms with E-state index in [4.69, 9.17) is 0 Å². The first-order valence-electron chi connectivity index (χ1n) is 8.76. The van der Waals surface area contributed by atoms with E-state index in [9.17, 15) is 0 Å². The van der Waals surface area contributed by atoms with Gasteiger partial charge >= 0.3 is 0 Å². The van der Waals surface area contributed by atoms with Crippen molar-refractivity contribution in [1.29, 1.82) is 0 Å². The van der Waals surface area contributed by atoms with Gasteiger partial charge in [-0.1, -0.05) is 36.4 Å². The molecule has 5 aromatic heterocycles. The number of hydrogen-bond donors (Lipinski definition) is 0. The zero-order valence-electron chi connectivity index (χ0n) is 14.5. The van der Waals surface area contributed by atoms with Gasteiger partial charge in [0.15, 0.2) is 11.3 Å². The summed E-state index contributed by atoms with van der Waals surface area (Å²) in [5.41, 5.74) is 2.85. The fraction of sp³-hybridized carbons (Fsp3) is 0. The first-order chi connectivity index (χ1) is 13.9. The van der Waals surface area contributed by atoms with Gasteiger partial charge in [0.1, 0.15) is 11.4 Å². The maximum atomic E-state index is 4.46. The number of aromatic nitrogens is 8. The highest BCUT2D eigenvalue weighted by Gasteiger charge is 2.21. The minimum atomic E-state index is 0.614. The van der Waals surface area contributed by atoms with Crippen LogP contribution in [-0.4, -0.2) is 39.4 Å². The van der Waals surface area contributed by atoms with Gasteiger partial charge in [0.05, 0.1) is 0 Å². The molecule has 0 fully saturated rings. The number of rotatable bonds is 2. The van der Waals surface area contributed by atoms with Crippen LogP contribution in [0, 0.1) is 0 Å². The van der Waals surface area contributed by atoms with E-state index in [1.807, 2.05) is 69.7 Å². The molecule has 5 heterocycles. The third-order valence-corrected chi connectivity index (χ3v) is 4.68. The topological polar surface area (TPSA) is 86.2 Å². The molecule has 0 unspecified atom stereocenters. The van der Waals surface area contributed by atoms with Crippen LogP contribution in [0.4, 0.5) is 0 Å². The summed E-state index contributed by atoms with van der Waals surface area (Å²) in [5, 5.41) is 19.7. The maximum absolute atomic E-state index is 4.46. The maximum Gasteiger partial charge on any atom is 0.202 e. The molecule has 0 aliphatic heterocycles. The van der Waals surface area contributed by atoms with E-state index < -0.39 is 0 Å².